The molecule has 1 atom stereocenters. The lowest BCUT2D eigenvalue weighted by atomic mass is 9.78. The molecule has 340 valence electrons. The smallest absolute Gasteiger partial charge is 0.136 e. The van der Waals surface area contributed by atoms with Crippen molar-refractivity contribution in [2.24, 2.45) is 0 Å². The molecule has 12 rings (SSSR count). The molecule has 1 heterocycles. The molecule has 10 aromatic carbocycles. The first-order valence-electron chi connectivity index (χ1n) is 24.8. The summed E-state index contributed by atoms with van der Waals surface area (Å²) < 4.78 is 6.34. The van der Waals surface area contributed by atoms with Gasteiger partial charge in [-0.2, -0.15) is 0 Å². The van der Waals surface area contributed by atoms with Crippen LogP contribution in [0.25, 0.3) is 93.2 Å². The summed E-state index contributed by atoms with van der Waals surface area (Å²) in [4.78, 5) is 2.57. The zero-order chi connectivity index (χ0) is 47.7. The molecule has 0 bridgehead atoms. The molecule has 0 spiro atoms. The van der Waals surface area contributed by atoms with Crippen molar-refractivity contribution < 1.29 is 4.42 Å². The Morgan fingerprint density at radius 2 is 0.986 bits per heavy atom. The topological polar surface area (TPSA) is 16.4 Å². The third-order valence-corrected chi connectivity index (χ3v) is 14.7. The van der Waals surface area contributed by atoms with E-state index < -0.39 is 0 Å². The number of hydrogen-bond acceptors (Lipinski definition) is 2. The summed E-state index contributed by atoms with van der Waals surface area (Å²) in [6, 6.07) is 74.3. The molecule has 0 amide bonds. The molecule has 1 aliphatic rings. The summed E-state index contributed by atoms with van der Waals surface area (Å²) in [5.41, 5.74) is 16.6. The second kappa shape index (κ2) is 16.9. The van der Waals surface area contributed by atoms with Crippen LogP contribution < -0.4 is 4.90 Å². The van der Waals surface area contributed by atoms with Gasteiger partial charge >= 0.3 is 0 Å². The lowest BCUT2D eigenvalue weighted by Crippen LogP contribution is -2.33. The number of anilines is 2. The minimum Gasteiger partial charge on any atom is -0.456 e. The largest absolute Gasteiger partial charge is 0.456 e. The van der Waals surface area contributed by atoms with Crippen molar-refractivity contribution in [2.45, 2.75) is 64.8 Å². The molecule has 0 saturated heterocycles. The van der Waals surface area contributed by atoms with Gasteiger partial charge in [0.05, 0.1) is 6.04 Å². The van der Waals surface area contributed by atoms with Gasteiger partial charge in [0.25, 0.3) is 0 Å². The highest BCUT2D eigenvalue weighted by Gasteiger charge is 2.29. The molecule has 70 heavy (non-hydrogen) atoms. The predicted molar refractivity (Wildman–Crippen MR) is 300 cm³/mol. The molecule has 1 aromatic heterocycles. The predicted octanol–water partition coefficient (Wildman–Crippen LogP) is 19.2. The van der Waals surface area contributed by atoms with E-state index in [0.29, 0.717) is 0 Å². The van der Waals surface area contributed by atoms with Crippen LogP contribution in [0.15, 0.2) is 223 Å². The van der Waals surface area contributed by atoms with Gasteiger partial charge < -0.3 is 9.32 Å². The van der Waals surface area contributed by atoms with Gasteiger partial charge in [-0.05, 0) is 148 Å². The van der Waals surface area contributed by atoms with E-state index in [1.807, 2.05) is 12.1 Å². The summed E-state index contributed by atoms with van der Waals surface area (Å²) in [5.74, 6) is 0. The zero-order valence-electron chi connectivity index (χ0n) is 40.9. The Labute approximate surface area is 411 Å². The average molecular weight is 904 g/mol. The van der Waals surface area contributed by atoms with E-state index in [2.05, 4.69) is 253 Å². The lowest BCUT2D eigenvalue weighted by Gasteiger charge is -2.37. The van der Waals surface area contributed by atoms with Crippen LogP contribution in [0.4, 0.5) is 11.4 Å². The van der Waals surface area contributed by atoms with Gasteiger partial charge in [-0.25, -0.2) is 0 Å². The van der Waals surface area contributed by atoms with Gasteiger partial charge in [-0.3, -0.25) is 0 Å². The van der Waals surface area contributed by atoms with Crippen LogP contribution in [0.1, 0.15) is 64.7 Å². The molecule has 2 heteroatoms. The summed E-state index contributed by atoms with van der Waals surface area (Å²) in [6.45, 7) is 14.0. The molecular weight excluding hydrogens is 847 g/mol. The van der Waals surface area contributed by atoms with Crippen molar-refractivity contribution in [3.63, 3.8) is 0 Å². The third kappa shape index (κ3) is 7.69. The summed E-state index contributed by atoms with van der Waals surface area (Å²) in [5, 5.41) is 9.90. The van der Waals surface area contributed by atoms with Crippen molar-refractivity contribution in [3.8, 4) is 33.4 Å². The summed E-state index contributed by atoms with van der Waals surface area (Å²) in [7, 11) is 0. The average Bonchev–Trinajstić information content (AvgIpc) is 3.76. The normalized spacial score (nSPS) is 14.3. The quantitative estimate of drug-likeness (QED) is 0.148. The van der Waals surface area contributed by atoms with E-state index in [1.54, 1.807) is 0 Å². The highest BCUT2D eigenvalue weighted by molar-refractivity contribution is 6.12. The molecule has 0 radical (unpaired) electrons. The van der Waals surface area contributed by atoms with Crippen molar-refractivity contribution >= 4 is 71.2 Å². The van der Waals surface area contributed by atoms with Crippen LogP contribution in [0, 0.1) is 0 Å². The van der Waals surface area contributed by atoms with Gasteiger partial charge in [-0.1, -0.05) is 217 Å². The molecule has 1 aliphatic carbocycles. The van der Waals surface area contributed by atoms with Crippen LogP contribution in [-0.4, -0.2) is 6.04 Å². The maximum Gasteiger partial charge on any atom is 0.136 e. The van der Waals surface area contributed by atoms with E-state index in [9.17, 15) is 0 Å². The van der Waals surface area contributed by atoms with Gasteiger partial charge in [0.2, 0.25) is 0 Å². The van der Waals surface area contributed by atoms with Crippen molar-refractivity contribution in [1.29, 1.82) is 0 Å². The minimum absolute atomic E-state index is 0.00102. The fraction of sp³-hybridized carbons (Fsp3) is 0.147. The Bertz CT molecular complexity index is 3830. The highest BCUT2D eigenvalue weighted by atomic mass is 16.3. The summed E-state index contributed by atoms with van der Waals surface area (Å²) >= 11 is 0. The van der Waals surface area contributed by atoms with E-state index in [0.717, 1.165) is 50.9 Å². The van der Waals surface area contributed by atoms with E-state index in [-0.39, 0.29) is 16.9 Å². The molecule has 0 aliphatic heterocycles. The zero-order valence-corrected chi connectivity index (χ0v) is 40.9. The van der Waals surface area contributed by atoms with Crippen molar-refractivity contribution in [3.05, 3.63) is 235 Å². The fourth-order valence-corrected chi connectivity index (χ4v) is 10.9. The number of furan rings is 1. The molecule has 2 nitrogen and oxygen atoms in total. The number of hydrogen-bond donors (Lipinski definition) is 0. The highest BCUT2D eigenvalue weighted by Crippen LogP contribution is 2.45. The second-order valence-corrected chi connectivity index (χ2v) is 21.3. The molecule has 11 aromatic rings. The van der Waals surface area contributed by atoms with Gasteiger partial charge in [0, 0.05) is 22.1 Å². The number of fused-ring (bicyclic) bond motifs is 7. The standard InChI is InChI=1S/C68H57NO/c1-67(2,3)50-40-49(41-51(43-50)68(4,5)6)56-23-13-17-47-18-14-25-62(66(47)56)59-20-9-11-26-63(59)69(52-34-28-44(29-35-52)48-33-39-61-60-21-10-12-27-64(60)70-65(61)42-48)53-36-30-46(31-37-53)55-22-15-24-57-54-19-8-7-16-45(54)32-38-58(55)57/h7-25,27-43,63H,26H2,1-6H3. The van der Waals surface area contributed by atoms with Crippen LogP contribution in [0.5, 0.6) is 0 Å². The number of para-hydroxylation sites is 1. The number of benzene rings is 10. The molecule has 0 saturated carbocycles. The minimum atomic E-state index is -0.00102. The molecular formula is C68H57NO. The first-order valence-corrected chi connectivity index (χ1v) is 24.8. The SMILES string of the molecule is CC(C)(C)c1cc(-c2cccc3cccc(C4=CC=CCC4N(c4ccc(-c5ccc6c(c5)oc5ccccc56)cc4)c4ccc(-c5cccc6c5ccc5ccccc56)cc4)c23)cc(C(C)(C)C)c1. The van der Waals surface area contributed by atoms with Crippen LogP contribution in [-0.2, 0) is 10.8 Å². The van der Waals surface area contributed by atoms with Crippen molar-refractivity contribution in [2.75, 3.05) is 4.90 Å². The number of nitrogens with zero attached hydrogens (tertiary/aromatic N) is 1. The van der Waals surface area contributed by atoms with Crippen LogP contribution in [0.2, 0.25) is 0 Å². The van der Waals surface area contributed by atoms with Crippen molar-refractivity contribution in [1.82, 2.24) is 0 Å². The first-order chi connectivity index (χ1) is 34.0. The Kier molecular flexibility index (Phi) is 10.5. The Balaban J connectivity index is 0.996. The van der Waals surface area contributed by atoms with E-state index in [4.69, 9.17) is 4.42 Å². The molecule has 1 unspecified atom stereocenters. The Hall–Kier alpha value is -7.94. The fourth-order valence-electron chi connectivity index (χ4n) is 10.9. The first kappa shape index (κ1) is 43.3. The van der Waals surface area contributed by atoms with Crippen LogP contribution >= 0.6 is 0 Å². The van der Waals surface area contributed by atoms with Gasteiger partial charge in [0.15, 0.2) is 0 Å². The summed E-state index contributed by atoms with van der Waals surface area (Å²) in [6.07, 6.45) is 7.81. The van der Waals surface area contributed by atoms with E-state index in [1.165, 1.54) is 76.8 Å². The van der Waals surface area contributed by atoms with Gasteiger partial charge in [-0.15, -0.1) is 0 Å². The Morgan fingerprint density at radius 1 is 0.414 bits per heavy atom. The maximum absolute atomic E-state index is 6.34. The molecule has 0 fully saturated rings. The molecule has 0 N–H and O–H groups in total. The maximum atomic E-state index is 6.34. The second-order valence-electron chi connectivity index (χ2n) is 21.3. The lowest BCUT2D eigenvalue weighted by molar-refractivity contribution is 0.569. The van der Waals surface area contributed by atoms with Gasteiger partial charge in [0.1, 0.15) is 11.2 Å². The third-order valence-electron chi connectivity index (χ3n) is 14.7. The van der Waals surface area contributed by atoms with Crippen LogP contribution in [0.3, 0.4) is 0 Å². The Morgan fingerprint density at radius 3 is 1.71 bits per heavy atom. The monoisotopic (exact) mass is 903 g/mol. The number of allylic oxidation sites excluding steroid dienone is 2. The number of rotatable bonds is 7. The van der Waals surface area contributed by atoms with E-state index >= 15 is 0 Å².